The zero-order valence-corrected chi connectivity index (χ0v) is 17.8. The monoisotopic (exact) mass is 430 g/mol. The van der Waals surface area contributed by atoms with Crippen molar-refractivity contribution in [3.63, 3.8) is 0 Å². The summed E-state index contributed by atoms with van der Waals surface area (Å²) in [7, 11) is 0. The van der Waals surface area contributed by atoms with Gasteiger partial charge in [-0.3, -0.25) is 0 Å². The van der Waals surface area contributed by atoms with Gasteiger partial charge in [-0.1, -0.05) is 46.8 Å². The van der Waals surface area contributed by atoms with Crippen LogP contribution in [0, 0.1) is 34.5 Å². The van der Waals surface area contributed by atoms with E-state index in [2.05, 4.69) is 34.6 Å². The molecule has 166 valence electrons. The predicted molar refractivity (Wildman–Crippen MR) is 105 cm³/mol. The highest BCUT2D eigenvalue weighted by atomic mass is 19.2. The molecule has 0 saturated heterocycles. The first-order valence-electron chi connectivity index (χ1n) is 9.65. The summed E-state index contributed by atoms with van der Waals surface area (Å²) >= 11 is 0. The van der Waals surface area contributed by atoms with Crippen molar-refractivity contribution >= 4 is 0 Å². The second-order valence-corrected chi connectivity index (χ2v) is 9.10. The van der Waals surface area contributed by atoms with Crippen molar-refractivity contribution < 1.29 is 31.4 Å². The molecule has 2 nitrogen and oxygen atoms in total. The first-order valence-corrected chi connectivity index (χ1v) is 9.65. The number of benzene rings is 2. The Labute approximate surface area is 174 Å². The van der Waals surface area contributed by atoms with Crippen LogP contribution in [0.15, 0.2) is 24.3 Å². The maximum absolute atomic E-state index is 13.6. The Morgan fingerprint density at radius 1 is 0.700 bits per heavy atom. The normalized spacial score (nSPS) is 12.3. The maximum atomic E-state index is 13.6. The van der Waals surface area contributed by atoms with Crippen molar-refractivity contribution in [2.24, 2.45) is 5.41 Å². The molecule has 0 radical (unpaired) electrons. The highest BCUT2D eigenvalue weighted by molar-refractivity contribution is 5.31. The highest BCUT2D eigenvalue weighted by Gasteiger charge is 2.27. The molecule has 0 aromatic heterocycles. The molecule has 2 aromatic rings. The Balaban J connectivity index is 1.87. The second kappa shape index (κ2) is 9.33. The van der Waals surface area contributed by atoms with Gasteiger partial charge in [-0.05, 0) is 34.9 Å². The fourth-order valence-corrected chi connectivity index (χ4v) is 3.60. The molecular weight excluding hydrogens is 403 g/mol. The fourth-order valence-electron chi connectivity index (χ4n) is 3.60. The Kier molecular flexibility index (Phi) is 7.50. The lowest BCUT2D eigenvalue weighted by molar-refractivity contribution is 0.0840. The summed E-state index contributed by atoms with van der Waals surface area (Å²) in [4.78, 5) is 0. The third kappa shape index (κ3) is 5.94. The molecule has 2 aromatic carbocycles. The molecule has 0 heterocycles. The van der Waals surface area contributed by atoms with Crippen molar-refractivity contribution in [2.75, 3.05) is 13.2 Å². The van der Waals surface area contributed by atoms with Gasteiger partial charge in [-0.15, -0.1) is 0 Å². The molecule has 0 N–H and O–H groups in total. The molecule has 0 atom stereocenters. The van der Waals surface area contributed by atoms with Gasteiger partial charge in [0.25, 0.3) is 0 Å². The van der Waals surface area contributed by atoms with E-state index in [1.54, 1.807) is 0 Å². The lowest BCUT2D eigenvalue weighted by Gasteiger charge is -2.33. The Morgan fingerprint density at radius 2 is 1.20 bits per heavy atom. The van der Waals surface area contributed by atoms with Crippen LogP contribution in [0.4, 0.5) is 22.0 Å². The van der Waals surface area contributed by atoms with Crippen LogP contribution in [0.1, 0.15) is 52.2 Å². The van der Waals surface area contributed by atoms with E-state index in [0.717, 1.165) is 6.42 Å². The van der Waals surface area contributed by atoms with Crippen LogP contribution in [0.2, 0.25) is 0 Å². The molecule has 0 spiro atoms. The van der Waals surface area contributed by atoms with Gasteiger partial charge in [-0.2, -0.15) is 0 Å². The third-order valence-corrected chi connectivity index (χ3v) is 4.65. The minimum atomic E-state index is -2.19. The van der Waals surface area contributed by atoms with Gasteiger partial charge in [0, 0.05) is 0 Å². The zero-order chi connectivity index (χ0) is 22.7. The van der Waals surface area contributed by atoms with Gasteiger partial charge in [0.1, 0.15) is 12.4 Å². The van der Waals surface area contributed by atoms with Crippen LogP contribution < -0.4 is 4.74 Å². The standard InChI is InChI=1S/C23H27F5O2/c1-22(2,3)13-23(4,5)14-6-8-15(9-7-14)30-11-10-29-12-16-17(24)19(26)21(28)20(27)18(16)25/h6-9H,10-13H2,1-5H3. The lowest BCUT2D eigenvalue weighted by Crippen LogP contribution is -2.24. The van der Waals surface area contributed by atoms with E-state index in [4.69, 9.17) is 9.47 Å². The van der Waals surface area contributed by atoms with Crippen LogP contribution in [0.5, 0.6) is 5.75 Å². The van der Waals surface area contributed by atoms with Crippen LogP contribution >= 0.6 is 0 Å². The highest BCUT2D eigenvalue weighted by Crippen LogP contribution is 2.36. The molecule has 0 fully saturated rings. The molecule has 0 unspecified atom stereocenters. The second-order valence-electron chi connectivity index (χ2n) is 9.10. The number of rotatable bonds is 8. The minimum absolute atomic E-state index is 0.00621. The van der Waals surface area contributed by atoms with Crippen molar-refractivity contribution in [1.82, 2.24) is 0 Å². The summed E-state index contributed by atoms with van der Waals surface area (Å²) in [5.74, 6) is -9.35. The molecule has 0 saturated carbocycles. The third-order valence-electron chi connectivity index (χ3n) is 4.65. The number of hydrogen-bond donors (Lipinski definition) is 0. The summed E-state index contributed by atoms with van der Waals surface area (Å²) in [6, 6.07) is 7.61. The summed E-state index contributed by atoms with van der Waals surface area (Å²) in [5, 5.41) is 0. The number of hydrogen-bond acceptors (Lipinski definition) is 2. The van der Waals surface area contributed by atoms with Gasteiger partial charge in [0.05, 0.1) is 18.8 Å². The summed E-state index contributed by atoms with van der Waals surface area (Å²) < 4.78 is 77.1. The molecule has 30 heavy (non-hydrogen) atoms. The van der Waals surface area contributed by atoms with E-state index in [0.29, 0.717) is 5.75 Å². The van der Waals surface area contributed by atoms with Crippen molar-refractivity contribution in [2.45, 2.75) is 53.1 Å². The molecule has 0 aliphatic carbocycles. The molecule has 0 aliphatic rings. The quantitative estimate of drug-likeness (QED) is 0.201. The fraction of sp³-hybridized carbons (Fsp3) is 0.478. The largest absolute Gasteiger partial charge is 0.491 e. The van der Waals surface area contributed by atoms with Crippen LogP contribution in [-0.4, -0.2) is 13.2 Å². The summed E-state index contributed by atoms with van der Waals surface area (Å²) in [5.41, 5.74) is 0.350. The van der Waals surface area contributed by atoms with E-state index in [1.165, 1.54) is 5.56 Å². The Morgan fingerprint density at radius 3 is 1.70 bits per heavy atom. The van der Waals surface area contributed by atoms with E-state index in [-0.39, 0.29) is 24.0 Å². The first-order chi connectivity index (χ1) is 13.8. The SMILES string of the molecule is CC(C)(C)CC(C)(C)c1ccc(OCCOCc2c(F)c(F)c(F)c(F)c2F)cc1. The topological polar surface area (TPSA) is 18.5 Å². The Hall–Kier alpha value is -2.15. The van der Waals surface area contributed by atoms with Gasteiger partial charge in [0.2, 0.25) is 5.82 Å². The first kappa shape index (κ1) is 24.1. The van der Waals surface area contributed by atoms with Crippen molar-refractivity contribution in [3.05, 3.63) is 64.5 Å². The van der Waals surface area contributed by atoms with Crippen LogP contribution in [-0.2, 0) is 16.8 Å². The van der Waals surface area contributed by atoms with E-state index < -0.39 is 41.3 Å². The average Bonchev–Trinajstić information content (AvgIpc) is 2.65. The van der Waals surface area contributed by atoms with Crippen molar-refractivity contribution in [3.8, 4) is 5.75 Å². The average molecular weight is 430 g/mol. The zero-order valence-electron chi connectivity index (χ0n) is 17.8. The van der Waals surface area contributed by atoms with Crippen LogP contribution in [0.3, 0.4) is 0 Å². The van der Waals surface area contributed by atoms with Gasteiger partial charge in [-0.25, -0.2) is 22.0 Å². The van der Waals surface area contributed by atoms with E-state index >= 15 is 0 Å². The van der Waals surface area contributed by atoms with Gasteiger partial charge < -0.3 is 9.47 Å². The molecule has 2 rings (SSSR count). The summed E-state index contributed by atoms with van der Waals surface area (Å²) in [6.07, 6.45) is 1.01. The van der Waals surface area contributed by atoms with E-state index in [9.17, 15) is 22.0 Å². The van der Waals surface area contributed by atoms with Gasteiger partial charge >= 0.3 is 0 Å². The molecule has 0 amide bonds. The van der Waals surface area contributed by atoms with E-state index in [1.807, 2.05) is 24.3 Å². The maximum Gasteiger partial charge on any atom is 0.200 e. The number of ether oxygens (including phenoxy) is 2. The molecule has 7 heteroatoms. The molecular formula is C23H27F5O2. The minimum Gasteiger partial charge on any atom is -0.491 e. The lowest BCUT2D eigenvalue weighted by atomic mass is 9.72. The molecule has 0 aliphatic heterocycles. The number of halogens is 5. The van der Waals surface area contributed by atoms with Crippen LogP contribution in [0.25, 0.3) is 0 Å². The molecule has 0 bridgehead atoms. The van der Waals surface area contributed by atoms with Gasteiger partial charge in [0.15, 0.2) is 23.3 Å². The smallest absolute Gasteiger partial charge is 0.200 e. The van der Waals surface area contributed by atoms with Crippen molar-refractivity contribution in [1.29, 1.82) is 0 Å². The predicted octanol–water partition coefficient (Wildman–Crippen LogP) is 6.69. The Bertz CT molecular complexity index is 842. The summed E-state index contributed by atoms with van der Waals surface area (Å²) in [6.45, 7) is 10.2.